The van der Waals surface area contributed by atoms with Crippen LogP contribution in [0.1, 0.15) is 66.8 Å². The highest BCUT2D eigenvalue weighted by Gasteiger charge is 2.55. The van der Waals surface area contributed by atoms with E-state index in [1.807, 2.05) is 0 Å². The van der Waals surface area contributed by atoms with E-state index in [1.54, 1.807) is 0 Å². The van der Waals surface area contributed by atoms with E-state index in [-0.39, 0.29) is 0 Å². The monoisotopic (exact) mass is 1080 g/mol. The molecule has 0 saturated carbocycles. The molecule has 2 heteroatoms. The largest absolute Gasteiger partial charge is 0.455 e. The van der Waals surface area contributed by atoms with Crippen molar-refractivity contribution in [3.05, 3.63) is 376 Å². The molecular weight excluding hydrogens is 1030 g/mol. The standard InChI is InChI=1S/C83H51NO/c1-3-24-54(25-4-1)81(55-26-5-2-6-27-55)67-35-16-14-33-63(67)66-50-56(45-49-72(66)81)84(57-44-46-64-62-32-13-19-38-70(62)82(76(64)51-57)68-36-17-11-30-60(68)61-31-12-18-37-69(61)82)77-41-21-40-73-78(77)65-34-15-20-39-71(65)83(73)74-47-42-52-22-7-9-28-58(52)79(74)85-80-59-29-10-8-23-53(59)43-48-75(80)83/h1-51H. The predicted octanol–water partition coefficient (Wildman–Crippen LogP) is 20.6. The molecule has 4 aliphatic carbocycles. The Labute approximate surface area is 493 Å². The predicted molar refractivity (Wildman–Crippen MR) is 347 cm³/mol. The molecule has 0 unspecified atom stereocenters. The number of hydrogen-bond donors (Lipinski definition) is 0. The van der Waals surface area contributed by atoms with Gasteiger partial charge in [0.05, 0.1) is 21.9 Å². The highest BCUT2D eigenvalue weighted by molar-refractivity contribution is 6.05. The summed E-state index contributed by atoms with van der Waals surface area (Å²) < 4.78 is 7.44. The van der Waals surface area contributed by atoms with Crippen molar-refractivity contribution >= 4 is 38.6 Å². The normalized spacial score (nSPS) is 14.7. The third-order valence-corrected chi connectivity index (χ3v) is 20.0. The Morgan fingerprint density at radius 2 is 0.624 bits per heavy atom. The molecule has 1 heterocycles. The van der Waals surface area contributed by atoms with Crippen molar-refractivity contribution < 1.29 is 4.74 Å². The Hall–Kier alpha value is -10.8. The Morgan fingerprint density at radius 1 is 0.235 bits per heavy atom. The summed E-state index contributed by atoms with van der Waals surface area (Å²) in [4.78, 5) is 2.61. The molecule has 2 spiro atoms. The molecule has 19 rings (SSSR count). The number of anilines is 3. The average Bonchev–Trinajstić information content (AvgIpc) is 1.66. The summed E-state index contributed by atoms with van der Waals surface area (Å²) in [6, 6.07) is 117. The van der Waals surface area contributed by atoms with Gasteiger partial charge < -0.3 is 9.64 Å². The molecule has 2 nitrogen and oxygen atoms in total. The lowest BCUT2D eigenvalue weighted by atomic mass is 9.65. The van der Waals surface area contributed by atoms with Crippen molar-refractivity contribution in [3.8, 4) is 56.0 Å². The van der Waals surface area contributed by atoms with Gasteiger partial charge in [-0.15, -0.1) is 0 Å². The van der Waals surface area contributed by atoms with Gasteiger partial charge in [-0.05, 0) is 136 Å². The van der Waals surface area contributed by atoms with Crippen molar-refractivity contribution in [2.75, 3.05) is 4.90 Å². The van der Waals surface area contributed by atoms with E-state index < -0.39 is 16.2 Å². The maximum atomic E-state index is 7.44. The van der Waals surface area contributed by atoms with Crippen LogP contribution in [0, 0.1) is 0 Å². The molecular formula is C83H51NO. The average molecular weight is 1080 g/mol. The smallest absolute Gasteiger partial charge is 0.140 e. The second kappa shape index (κ2) is 17.1. The zero-order valence-electron chi connectivity index (χ0n) is 46.3. The minimum Gasteiger partial charge on any atom is -0.455 e. The fourth-order valence-corrected chi connectivity index (χ4v) is 16.8. The van der Waals surface area contributed by atoms with Crippen LogP contribution in [-0.4, -0.2) is 0 Å². The number of ether oxygens (including phenoxy) is 1. The lowest BCUT2D eigenvalue weighted by Gasteiger charge is -2.40. The molecule has 0 fully saturated rings. The van der Waals surface area contributed by atoms with Gasteiger partial charge in [-0.1, -0.05) is 279 Å². The molecule has 1 aliphatic heterocycles. The fourth-order valence-electron chi connectivity index (χ4n) is 16.8. The van der Waals surface area contributed by atoms with Crippen LogP contribution in [0.2, 0.25) is 0 Å². The van der Waals surface area contributed by atoms with Crippen LogP contribution >= 0.6 is 0 Å². The molecule has 0 saturated heterocycles. The Morgan fingerprint density at radius 3 is 1.19 bits per heavy atom. The lowest BCUT2D eigenvalue weighted by molar-refractivity contribution is 0.447. The van der Waals surface area contributed by atoms with E-state index in [9.17, 15) is 0 Å². The third-order valence-electron chi connectivity index (χ3n) is 20.0. The first kappa shape index (κ1) is 46.8. The zero-order valence-corrected chi connectivity index (χ0v) is 46.3. The van der Waals surface area contributed by atoms with Gasteiger partial charge in [0.25, 0.3) is 0 Å². The molecule has 85 heavy (non-hydrogen) atoms. The fraction of sp³-hybridized carbons (Fsp3) is 0.0361. The zero-order chi connectivity index (χ0) is 55.6. The molecule has 0 amide bonds. The van der Waals surface area contributed by atoms with Gasteiger partial charge in [0, 0.05) is 38.8 Å². The van der Waals surface area contributed by atoms with Gasteiger partial charge in [0.1, 0.15) is 11.5 Å². The molecule has 14 aromatic carbocycles. The van der Waals surface area contributed by atoms with Crippen LogP contribution in [0.25, 0.3) is 66.1 Å². The van der Waals surface area contributed by atoms with Gasteiger partial charge in [-0.2, -0.15) is 0 Å². The SMILES string of the molecule is c1ccc(C2(c3ccccc3)c3ccccc3-c3cc(N(c4ccc5c(c4)C4(c6ccccc6-c6ccccc64)c4ccccc4-5)c4cccc5c4-c4ccccc4C54c5ccc6ccccc6c5Oc5c4ccc4ccccc54)ccc32)cc1. The first-order valence-corrected chi connectivity index (χ1v) is 29.7. The number of nitrogens with zero attached hydrogens (tertiary/aromatic N) is 1. The van der Waals surface area contributed by atoms with Gasteiger partial charge >= 0.3 is 0 Å². The minimum atomic E-state index is -0.743. The van der Waals surface area contributed by atoms with E-state index in [2.05, 4.69) is 314 Å². The van der Waals surface area contributed by atoms with E-state index in [0.29, 0.717) is 0 Å². The Bertz CT molecular complexity index is 5000. The van der Waals surface area contributed by atoms with Crippen LogP contribution in [0.15, 0.2) is 309 Å². The first-order valence-electron chi connectivity index (χ1n) is 29.7. The summed E-state index contributed by atoms with van der Waals surface area (Å²) >= 11 is 0. The van der Waals surface area contributed by atoms with Gasteiger partial charge in [0.2, 0.25) is 0 Å². The second-order valence-corrected chi connectivity index (χ2v) is 23.6. The van der Waals surface area contributed by atoms with Gasteiger partial charge in [-0.3, -0.25) is 0 Å². The van der Waals surface area contributed by atoms with Crippen LogP contribution in [0.4, 0.5) is 17.1 Å². The summed E-state index contributed by atoms with van der Waals surface area (Å²) in [5.41, 5.74) is 26.6. The van der Waals surface area contributed by atoms with Gasteiger partial charge in [0.15, 0.2) is 0 Å². The van der Waals surface area contributed by atoms with Crippen molar-refractivity contribution in [3.63, 3.8) is 0 Å². The molecule has 0 atom stereocenters. The summed E-state index contributed by atoms with van der Waals surface area (Å²) in [6.45, 7) is 0. The molecule has 0 aromatic heterocycles. The van der Waals surface area contributed by atoms with Gasteiger partial charge in [-0.25, -0.2) is 0 Å². The topological polar surface area (TPSA) is 12.5 Å². The van der Waals surface area contributed by atoms with E-state index in [4.69, 9.17) is 4.74 Å². The highest BCUT2D eigenvalue weighted by Crippen LogP contribution is 2.68. The van der Waals surface area contributed by atoms with Crippen LogP contribution < -0.4 is 9.64 Å². The summed E-state index contributed by atoms with van der Waals surface area (Å²) in [5.74, 6) is 1.81. The van der Waals surface area contributed by atoms with Crippen LogP contribution in [0.3, 0.4) is 0 Å². The number of benzene rings is 14. The second-order valence-electron chi connectivity index (χ2n) is 23.6. The van der Waals surface area contributed by atoms with E-state index in [0.717, 1.165) is 61.2 Å². The maximum absolute atomic E-state index is 7.44. The molecule has 0 bridgehead atoms. The quantitative estimate of drug-likeness (QED) is 0.170. The molecule has 0 radical (unpaired) electrons. The van der Waals surface area contributed by atoms with Crippen molar-refractivity contribution in [2.45, 2.75) is 16.2 Å². The molecule has 394 valence electrons. The third kappa shape index (κ3) is 5.83. The van der Waals surface area contributed by atoms with Crippen molar-refractivity contribution in [2.24, 2.45) is 0 Å². The molecule has 5 aliphatic rings. The van der Waals surface area contributed by atoms with E-state index >= 15 is 0 Å². The minimum absolute atomic E-state index is 0.543. The van der Waals surface area contributed by atoms with Crippen LogP contribution in [0.5, 0.6) is 11.5 Å². The lowest BCUT2D eigenvalue weighted by Crippen LogP contribution is -2.32. The Kier molecular flexibility index (Phi) is 9.43. The number of fused-ring (bicyclic) bond motifs is 26. The summed E-state index contributed by atoms with van der Waals surface area (Å²) in [6.07, 6.45) is 0. The van der Waals surface area contributed by atoms with Crippen molar-refractivity contribution in [1.82, 2.24) is 0 Å². The number of hydrogen-bond acceptors (Lipinski definition) is 2. The van der Waals surface area contributed by atoms with Crippen molar-refractivity contribution in [1.29, 1.82) is 0 Å². The van der Waals surface area contributed by atoms with E-state index in [1.165, 1.54) is 100 Å². The first-order chi connectivity index (χ1) is 42.2. The number of rotatable bonds is 5. The molecule has 0 N–H and O–H groups in total. The Balaban J connectivity index is 0.927. The molecule has 14 aromatic rings. The summed E-state index contributed by atoms with van der Waals surface area (Å²) in [5, 5.41) is 4.50. The van der Waals surface area contributed by atoms with Crippen LogP contribution in [-0.2, 0) is 16.2 Å². The maximum Gasteiger partial charge on any atom is 0.140 e. The summed E-state index contributed by atoms with van der Waals surface area (Å²) in [7, 11) is 0. The highest BCUT2D eigenvalue weighted by atomic mass is 16.5.